The lowest BCUT2D eigenvalue weighted by atomic mass is 10.0. The summed E-state index contributed by atoms with van der Waals surface area (Å²) in [4.78, 5) is 83.8. The summed E-state index contributed by atoms with van der Waals surface area (Å²) in [6.45, 7) is 3.70. The van der Waals surface area contributed by atoms with Gasteiger partial charge in [0.1, 0.15) is 24.2 Å². The number of amides is 5. The summed E-state index contributed by atoms with van der Waals surface area (Å²) in [5.74, 6) is -4.88. The molecule has 1 aromatic carbocycles. The summed E-state index contributed by atoms with van der Waals surface area (Å²) >= 11 is 0. The summed E-state index contributed by atoms with van der Waals surface area (Å²) < 4.78 is 0. The molecule has 0 bridgehead atoms. The van der Waals surface area contributed by atoms with E-state index in [9.17, 15) is 33.9 Å². The zero-order valence-electron chi connectivity index (χ0n) is 24.3. The minimum absolute atomic E-state index is 0.0689. The Morgan fingerprint density at radius 3 is 2.30 bits per heavy atom. The Balaban J connectivity index is 2.00. The Labute approximate surface area is 250 Å². The number of nitrogens with zero attached hydrogens (tertiary/aromatic N) is 2. The Hall–Kier alpha value is -4.47. The average Bonchev–Trinajstić information content (AvgIpc) is 3.27. The molecule has 0 saturated carbocycles. The fourth-order valence-electron chi connectivity index (χ4n) is 5.22. The van der Waals surface area contributed by atoms with Crippen LogP contribution in [0.1, 0.15) is 24.8 Å². The predicted octanol–water partition coefficient (Wildman–Crippen LogP) is -2.20. The van der Waals surface area contributed by atoms with Gasteiger partial charge in [-0.25, -0.2) is 0 Å². The van der Waals surface area contributed by atoms with Gasteiger partial charge in [0, 0.05) is 19.1 Å². The number of guanidine groups is 1. The Morgan fingerprint density at radius 1 is 0.977 bits per heavy atom. The van der Waals surface area contributed by atoms with Gasteiger partial charge in [-0.2, -0.15) is 0 Å². The number of nitrogens with two attached hydrogens (primary N) is 2. The second-order valence-corrected chi connectivity index (χ2v) is 16.6. The molecule has 0 spiro atoms. The average molecular weight is 617 g/mol. The molecule has 5 amide bonds. The number of hydrogen-bond acceptors (Lipinski definition) is 7. The maximum absolute atomic E-state index is 14.1. The number of hydrogen-bond donors (Lipinski definition) is 7. The third-order valence-corrected chi connectivity index (χ3v) is 9.92. The minimum atomic E-state index is -2.10. The topological polar surface area (TPSA) is 238 Å². The highest BCUT2D eigenvalue weighted by molar-refractivity contribution is 6.79. The van der Waals surface area contributed by atoms with Crippen LogP contribution in [0.25, 0.3) is 0 Å². The lowest BCUT2D eigenvalue weighted by Gasteiger charge is -2.30. The molecular weight excluding hydrogens is 576 g/mol. The highest BCUT2D eigenvalue weighted by atomic mass is 28.3. The van der Waals surface area contributed by atoms with Gasteiger partial charge in [-0.15, -0.1) is 0 Å². The van der Waals surface area contributed by atoms with Gasteiger partial charge in [-0.05, 0) is 24.4 Å². The van der Waals surface area contributed by atoms with Gasteiger partial charge in [-0.1, -0.05) is 43.4 Å². The van der Waals surface area contributed by atoms with Crippen molar-refractivity contribution < 1.29 is 33.9 Å². The van der Waals surface area contributed by atoms with E-state index >= 15 is 0 Å². The van der Waals surface area contributed by atoms with E-state index in [4.69, 9.17) is 11.5 Å². The van der Waals surface area contributed by atoms with Crippen LogP contribution < -0.4 is 32.7 Å². The van der Waals surface area contributed by atoms with Gasteiger partial charge >= 0.3 is 5.97 Å². The lowest BCUT2D eigenvalue weighted by molar-refractivity contribution is -0.143. The van der Waals surface area contributed by atoms with Crippen LogP contribution in [-0.2, 0) is 35.2 Å². The molecule has 0 aliphatic carbocycles. The molecule has 0 unspecified atom stereocenters. The zero-order valence-corrected chi connectivity index (χ0v) is 25.3. The Kier molecular flexibility index (Phi) is 11.2. The van der Waals surface area contributed by atoms with Crippen molar-refractivity contribution >= 4 is 49.5 Å². The molecule has 15 nitrogen and oxygen atoms in total. The van der Waals surface area contributed by atoms with E-state index in [1.54, 1.807) is 30.3 Å². The van der Waals surface area contributed by atoms with Gasteiger partial charge < -0.3 is 42.7 Å². The first kappa shape index (κ1) is 33.0. The number of nitrogens with one attached hydrogen (secondary N) is 4. The van der Waals surface area contributed by atoms with E-state index in [1.807, 2.05) is 13.1 Å². The molecule has 234 valence electrons. The molecule has 9 N–H and O–H groups in total. The number of carbonyl (C=O) groups excluding carboxylic acids is 5. The molecule has 2 fully saturated rings. The maximum atomic E-state index is 14.1. The number of carboxylic acid groups (broad SMARTS) is 1. The van der Waals surface area contributed by atoms with Crippen molar-refractivity contribution in [1.29, 1.82) is 0 Å². The second-order valence-electron chi connectivity index (χ2n) is 11.5. The molecule has 2 saturated heterocycles. The van der Waals surface area contributed by atoms with Crippen molar-refractivity contribution in [2.24, 2.45) is 16.5 Å². The van der Waals surface area contributed by atoms with E-state index in [2.05, 4.69) is 26.3 Å². The summed E-state index contributed by atoms with van der Waals surface area (Å²) in [6, 6.07) is 4.72. The highest BCUT2D eigenvalue weighted by Gasteiger charge is 2.47. The first-order valence-corrected chi connectivity index (χ1v) is 17.5. The fourth-order valence-corrected chi connectivity index (χ4v) is 8.10. The molecular formula is C27H40N8O7Si. The molecule has 16 heteroatoms. The lowest BCUT2D eigenvalue weighted by Crippen LogP contribution is -2.58. The third kappa shape index (κ3) is 9.80. The van der Waals surface area contributed by atoms with E-state index in [-0.39, 0.29) is 25.3 Å². The number of fused-ring (bicyclic) bond motifs is 1. The first-order valence-electron chi connectivity index (χ1n) is 14.0. The number of aliphatic imine (C=N–C) groups is 1. The van der Waals surface area contributed by atoms with E-state index in [0.29, 0.717) is 18.6 Å². The van der Waals surface area contributed by atoms with Crippen LogP contribution in [-0.4, -0.2) is 103 Å². The van der Waals surface area contributed by atoms with Crippen molar-refractivity contribution in [1.82, 2.24) is 26.2 Å². The monoisotopic (exact) mass is 616 g/mol. The third-order valence-electron chi connectivity index (χ3n) is 7.24. The summed E-state index contributed by atoms with van der Waals surface area (Å²) in [5.41, 5.74) is 11.5. The molecule has 2 aliphatic rings. The maximum Gasteiger partial charge on any atom is 0.305 e. The zero-order chi connectivity index (χ0) is 31.7. The SMILES string of the molecule is C[Si]1(C)C[C@@H]2C(=O)N[C@@H](CCCN=C(N)N)C(=O)NCC(=O)N[C@@H](CC(=O)O)C(=O)N[C@H](Cc3ccccc3)C(=O)N2C1. The van der Waals surface area contributed by atoms with Gasteiger partial charge in [0.25, 0.3) is 0 Å². The number of rotatable bonds is 8. The van der Waals surface area contributed by atoms with E-state index < -0.39 is 80.7 Å². The van der Waals surface area contributed by atoms with Gasteiger partial charge in [0.05, 0.1) is 21.0 Å². The number of aliphatic carboxylic acids is 1. The smallest absolute Gasteiger partial charge is 0.305 e. The number of carboxylic acids is 1. The standard InChI is InChI=1S/C27H40N8O7Si/c1-43(2)14-20-25(41)33-17(9-6-10-30-27(28)29)23(39)31-13-21(36)32-18(12-22(37)38)24(40)34-19(26(42)35(20)15-43)11-16-7-4-3-5-8-16/h3-5,7-8,17-20H,6,9-15H2,1-2H3,(H,31,39)(H,32,36)(H,33,41)(H,34,40)(H,37,38)(H4,28,29,30)/t17-,18-,19+,20+/m0/s1. The molecule has 4 atom stereocenters. The highest BCUT2D eigenvalue weighted by Crippen LogP contribution is 2.28. The van der Waals surface area contributed by atoms with Crippen LogP contribution in [0, 0.1) is 0 Å². The molecule has 2 aliphatic heterocycles. The normalized spacial score (nSPS) is 24.8. The van der Waals surface area contributed by atoms with Crippen molar-refractivity contribution in [3.8, 4) is 0 Å². The van der Waals surface area contributed by atoms with Crippen LogP contribution in [0.4, 0.5) is 0 Å². The van der Waals surface area contributed by atoms with Crippen LogP contribution >= 0.6 is 0 Å². The molecule has 2 heterocycles. The van der Waals surface area contributed by atoms with Crippen LogP contribution in [0.5, 0.6) is 0 Å². The molecule has 43 heavy (non-hydrogen) atoms. The van der Waals surface area contributed by atoms with Gasteiger partial charge in [0.2, 0.25) is 29.5 Å². The van der Waals surface area contributed by atoms with Crippen molar-refractivity contribution in [3.05, 3.63) is 35.9 Å². The molecule has 0 radical (unpaired) electrons. The summed E-state index contributed by atoms with van der Waals surface area (Å²) in [5, 5.41) is 19.6. The van der Waals surface area contributed by atoms with Crippen molar-refractivity contribution in [2.75, 3.05) is 19.3 Å². The Morgan fingerprint density at radius 2 is 1.65 bits per heavy atom. The van der Waals surface area contributed by atoms with Crippen LogP contribution in [0.15, 0.2) is 35.3 Å². The molecule has 1 aromatic rings. The number of benzene rings is 1. The van der Waals surface area contributed by atoms with E-state index in [0.717, 1.165) is 5.56 Å². The quantitative estimate of drug-likeness (QED) is 0.0725. The molecule has 3 rings (SSSR count). The van der Waals surface area contributed by atoms with Crippen molar-refractivity contribution in [3.63, 3.8) is 0 Å². The number of carbonyl (C=O) groups is 6. The van der Waals surface area contributed by atoms with Crippen LogP contribution in [0.3, 0.4) is 0 Å². The largest absolute Gasteiger partial charge is 0.481 e. The fraction of sp³-hybridized carbons (Fsp3) is 0.519. The van der Waals surface area contributed by atoms with Crippen LogP contribution in [0.2, 0.25) is 19.1 Å². The van der Waals surface area contributed by atoms with Gasteiger partial charge in [0.15, 0.2) is 5.96 Å². The molecule has 0 aromatic heterocycles. The van der Waals surface area contributed by atoms with Crippen molar-refractivity contribution in [2.45, 2.75) is 69.0 Å². The first-order chi connectivity index (χ1) is 20.3. The summed E-state index contributed by atoms with van der Waals surface area (Å²) in [7, 11) is -2.10. The Bertz CT molecular complexity index is 1250. The predicted molar refractivity (Wildman–Crippen MR) is 159 cm³/mol. The van der Waals surface area contributed by atoms with E-state index in [1.165, 1.54) is 4.90 Å². The van der Waals surface area contributed by atoms with Gasteiger partial charge in [-0.3, -0.25) is 33.8 Å². The minimum Gasteiger partial charge on any atom is -0.481 e. The summed E-state index contributed by atoms with van der Waals surface area (Å²) in [6.07, 6.45) is 0.114. The second kappa shape index (κ2) is 14.6.